The first-order valence-corrected chi connectivity index (χ1v) is 5.98. The summed E-state index contributed by atoms with van der Waals surface area (Å²) >= 11 is 0. The molecule has 0 aromatic carbocycles. The molecule has 0 aromatic heterocycles. The third-order valence-corrected chi connectivity index (χ3v) is 2.94. The average molecular weight is 199 g/mol. The summed E-state index contributed by atoms with van der Waals surface area (Å²) in [4.78, 5) is 2.38. The van der Waals surface area contributed by atoms with Gasteiger partial charge in [-0.1, -0.05) is 33.1 Å². The lowest BCUT2D eigenvalue weighted by Crippen LogP contribution is -2.35. The van der Waals surface area contributed by atoms with E-state index in [9.17, 15) is 0 Å². The van der Waals surface area contributed by atoms with E-state index in [-0.39, 0.29) is 0 Å². The first kappa shape index (κ1) is 12.0. The molecule has 0 unspecified atom stereocenters. The highest BCUT2D eigenvalue weighted by atomic mass is 16.5. The van der Waals surface area contributed by atoms with Crippen LogP contribution in [0.2, 0.25) is 0 Å². The molecule has 0 atom stereocenters. The van der Waals surface area contributed by atoms with Crippen molar-refractivity contribution in [3.8, 4) is 0 Å². The van der Waals surface area contributed by atoms with E-state index in [1.807, 2.05) is 0 Å². The van der Waals surface area contributed by atoms with E-state index in [0.717, 1.165) is 19.4 Å². The molecule has 14 heavy (non-hydrogen) atoms. The first-order chi connectivity index (χ1) is 6.70. The molecule has 0 bridgehead atoms. The quantitative estimate of drug-likeness (QED) is 0.631. The van der Waals surface area contributed by atoms with Gasteiger partial charge in [-0.3, -0.25) is 4.90 Å². The summed E-state index contributed by atoms with van der Waals surface area (Å²) in [6, 6.07) is 0.774. The highest BCUT2D eigenvalue weighted by molar-refractivity contribution is 4.71. The number of hydrogen-bond acceptors (Lipinski definition) is 2. The number of hydrogen-bond donors (Lipinski definition) is 0. The Morgan fingerprint density at radius 1 is 1.21 bits per heavy atom. The van der Waals surface area contributed by atoms with Crippen LogP contribution in [0.5, 0.6) is 0 Å². The molecule has 1 aliphatic rings. The van der Waals surface area contributed by atoms with Crippen molar-refractivity contribution in [3.05, 3.63) is 0 Å². The van der Waals surface area contributed by atoms with Gasteiger partial charge >= 0.3 is 0 Å². The van der Waals surface area contributed by atoms with Gasteiger partial charge in [-0.05, 0) is 25.8 Å². The minimum Gasteiger partial charge on any atom is -0.366 e. The van der Waals surface area contributed by atoms with Crippen molar-refractivity contribution >= 4 is 0 Å². The van der Waals surface area contributed by atoms with Gasteiger partial charge in [0, 0.05) is 6.04 Å². The molecule has 0 N–H and O–H groups in total. The second-order valence-electron chi connectivity index (χ2n) is 4.94. The Morgan fingerprint density at radius 2 is 1.86 bits per heavy atom. The highest BCUT2D eigenvalue weighted by Gasteiger charge is 2.17. The maximum Gasteiger partial charge on any atom is 0.0990 e. The fourth-order valence-corrected chi connectivity index (χ4v) is 2.06. The van der Waals surface area contributed by atoms with Gasteiger partial charge in [-0.25, -0.2) is 0 Å². The van der Waals surface area contributed by atoms with E-state index < -0.39 is 0 Å². The number of rotatable bonds is 5. The fourth-order valence-electron chi connectivity index (χ4n) is 2.06. The Labute approximate surface area is 88.6 Å². The van der Waals surface area contributed by atoms with Crippen LogP contribution in [0, 0.1) is 5.92 Å². The number of ether oxygens (including phenoxy) is 1. The van der Waals surface area contributed by atoms with E-state index in [4.69, 9.17) is 4.74 Å². The predicted molar refractivity (Wildman–Crippen MR) is 60.3 cm³/mol. The molecular weight excluding hydrogens is 174 g/mol. The molecule has 0 heterocycles. The normalized spacial score (nSPS) is 19.5. The first-order valence-electron chi connectivity index (χ1n) is 5.98. The molecule has 0 saturated heterocycles. The summed E-state index contributed by atoms with van der Waals surface area (Å²) in [7, 11) is 2.19. The van der Waals surface area contributed by atoms with Crippen molar-refractivity contribution in [2.45, 2.75) is 52.0 Å². The summed E-state index contributed by atoms with van der Waals surface area (Å²) in [5.41, 5.74) is 0. The summed E-state index contributed by atoms with van der Waals surface area (Å²) in [5, 5.41) is 0. The van der Waals surface area contributed by atoms with Crippen molar-refractivity contribution in [3.63, 3.8) is 0 Å². The van der Waals surface area contributed by atoms with Crippen molar-refractivity contribution < 1.29 is 4.74 Å². The highest BCUT2D eigenvalue weighted by Crippen LogP contribution is 2.21. The molecule has 0 spiro atoms. The molecule has 1 aliphatic carbocycles. The lowest BCUT2D eigenvalue weighted by molar-refractivity contribution is 0.00127. The molecule has 0 radical (unpaired) electrons. The van der Waals surface area contributed by atoms with Gasteiger partial charge in [-0.2, -0.15) is 0 Å². The molecular formula is C12H25NO. The van der Waals surface area contributed by atoms with Gasteiger partial charge in [0.1, 0.15) is 0 Å². The Bertz CT molecular complexity index is 141. The van der Waals surface area contributed by atoms with Crippen LogP contribution in [0.4, 0.5) is 0 Å². The van der Waals surface area contributed by atoms with E-state index in [1.165, 1.54) is 32.1 Å². The van der Waals surface area contributed by atoms with Crippen LogP contribution >= 0.6 is 0 Å². The molecule has 1 fully saturated rings. The van der Waals surface area contributed by atoms with Crippen LogP contribution in [0.3, 0.4) is 0 Å². The van der Waals surface area contributed by atoms with E-state index in [0.29, 0.717) is 5.92 Å². The minimum absolute atomic E-state index is 0.648. The summed E-state index contributed by atoms with van der Waals surface area (Å²) in [6.45, 7) is 6.08. The summed E-state index contributed by atoms with van der Waals surface area (Å²) < 4.78 is 5.64. The SMILES string of the molecule is CC(C)COCN(C)C1CCCCC1. The maximum atomic E-state index is 5.64. The standard InChI is InChI=1S/C12H25NO/c1-11(2)9-14-10-13(3)12-7-5-4-6-8-12/h11-12H,4-10H2,1-3H3. The van der Waals surface area contributed by atoms with Crippen molar-refractivity contribution in [2.75, 3.05) is 20.4 Å². The van der Waals surface area contributed by atoms with Crippen LogP contribution in [-0.2, 0) is 4.74 Å². The Kier molecular flexibility index (Phi) is 5.49. The van der Waals surface area contributed by atoms with Gasteiger partial charge in [0.25, 0.3) is 0 Å². The van der Waals surface area contributed by atoms with Crippen LogP contribution in [0.25, 0.3) is 0 Å². The van der Waals surface area contributed by atoms with Crippen LogP contribution in [0.1, 0.15) is 46.0 Å². The topological polar surface area (TPSA) is 12.5 Å². The molecule has 84 valence electrons. The van der Waals surface area contributed by atoms with Crippen molar-refractivity contribution in [1.29, 1.82) is 0 Å². The zero-order chi connectivity index (χ0) is 10.4. The van der Waals surface area contributed by atoms with Gasteiger partial charge in [0.15, 0.2) is 0 Å². The minimum atomic E-state index is 0.648. The largest absolute Gasteiger partial charge is 0.366 e. The molecule has 2 heteroatoms. The lowest BCUT2D eigenvalue weighted by Gasteiger charge is -2.30. The molecule has 0 amide bonds. The summed E-state index contributed by atoms with van der Waals surface area (Å²) in [5.74, 6) is 0.648. The van der Waals surface area contributed by atoms with Crippen molar-refractivity contribution in [2.24, 2.45) is 5.92 Å². The van der Waals surface area contributed by atoms with Crippen molar-refractivity contribution in [1.82, 2.24) is 4.90 Å². The van der Waals surface area contributed by atoms with E-state index >= 15 is 0 Å². The van der Waals surface area contributed by atoms with E-state index in [1.54, 1.807) is 0 Å². The molecule has 1 saturated carbocycles. The Hall–Kier alpha value is -0.0800. The van der Waals surface area contributed by atoms with Gasteiger partial charge < -0.3 is 4.74 Å². The molecule has 2 nitrogen and oxygen atoms in total. The molecule has 1 rings (SSSR count). The monoisotopic (exact) mass is 199 g/mol. The van der Waals surface area contributed by atoms with Crippen LogP contribution in [-0.4, -0.2) is 31.3 Å². The third-order valence-electron chi connectivity index (χ3n) is 2.94. The van der Waals surface area contributed by atoms with Crippen LogP contribution < -0.4 is 0 Å². The van der Waals surface area contributed by atoms with Gasteiger partial charge in [0.05, 0.1) is 13.3 Å². The van der Waals surface area contributed by atoms with Gasteiger partial charge in [0.2, 0.25) is 0 Å². The maximum absolute atomic E-state index is 5.64. The van der Waals surface area contributed by atoms with E-state index in [2.05, 4.69) is 25.8 Å². The Morgan fingerprint density at radius 3 is 2.43 bits per heavy atom. The third kappa shape index (κ3) is 4.43. The second kappa shape index (κ2) is 6.41. The van der Waals surface area contributed by atoms with Crippen LogP contribution in [0.15, 0.2) is 0 Å². The smallest absolute Gasteiger partial charge is 0.0990 e. The molecule has 0 aromatic rings. The summed E-state index contributed by atoms with van der Waals surface area (Å²) in [6.07, 6.45) is 6.96. The zero-order valence-corrected chi connectivity index (χ0v) is 9.96. The number of nitrogens with zero attached hydrogens (tertiary/aromatic N) is 1. The zero-order valence-electron chi connectivity index (χ0n) is 9.96. The lowest BCUT2D eigenvalue weighted by atomic mass is 9.95. The predicted octanol–water partition coefficient (Wildman–Crippen LogP) is 2.88. The van der Waals surface area contributed by atoms with Gasteiger partial charge in [-0.15, -0.1) is 0 Å². The average Bonchev–Trinajstić information content (AvgIpc) is 2.18. The fraction of sp³-hybridized carbons (Fsp3) is 1.00. The molecule has 0 aliphatic heterocycles. The second-order valence-corrected chi connectivity index (χ2v) is 4.94. The Balaban J connectivity index is 2.10.